The Bertz CT molecular complexity index is 338. The second-order valence-electron chi connectivity index (χ2n) is 2.25. The zero-order chi connectivity index (χ0) is 8.97. The van der Waals surface area contributed by atoms with E-state index in [1.165, 1.54) is 0 Å². The molecule has 1 rings (SSSR count). The molecule has 0 aliphatic rings. The Morgan fingerprint density at radius 1 is 1.67 bits per heavy atom. The van der Waals surface area contributed by atoms with Crippen LogP contribution in [0.1, 0.15) is 11.3 Å². The number of rotatable bonds is 0. The lowest BCUT2D eigenvalue weighted by Crippen LogP contribution is -1.86. The van der Waals surface area contributed by atoms with Gasteiger partial charge in [0.2, 0.25) is 0 Å². The van der Waals surface area contributed by atoms with Crippen LogP contribution in [-0.4, -0.2) is 10.3 Å². The number of nitrogens with zero attached hydrogens (tertiary/aromatic N) is 1. The second-order valence-corrected chi connectivity index (χ2v) is 3.25. The highest BCUT2D eigenvalue weighted by Crippen LogP contribution is 2.10. The first-order valence-corrected chi connectivity index (χ1v) is 4.91. The minimum absolute atomic E-state index is 0.650. The molecule has 0 saturated carbocycles. The zero-order valence-corrected chi connectivity index (χ0v) is 8.91. The van der Waals surface area contributed by atoms with Crippen LogP contribution in [0, 0.1) is 18.8 Å². The highest BCUT2D eigenvalue weighted by atomic mass is 79.9. The average molecular weight is 245 g/mol. The molecule has 0 fully saturated rings. The van der Waals surface area contributed by atoms with Crippen molar-refractivity contribution in [1.82, 2.24) is 4.98 Å². The molecular weight excluding hydrogens is 237 g/mol. The number of hydrogen-bond donors (Lipinski definition) is 0. The SMILES string of the molecule is Cc1cc(Cl)cnc1C#CCBr. The van der Waals surface area contributed by atoms with Gasteiger partial charge in [0.1, 0.15) is 5.69 Å². The second kappa shape index (κ2) is 4.49. The van der Waals surface area contributed by atoms with Crippen molar-refractivity contribution in [2.75, 3.05) is 5.33 Å². The summed E-state index contributed by atoms with van der Waals surface area (Å²) in [6.45, 7) is 1.94. The van der Waals surface area contributed by atoms with Crippen molar-refractivity contribution in [2.45, 2.75) is 6.92 Å². The molecule has 12 heavy (non-hydrogen) atoms. The van der Waals surface area contributed by atoms with Crippen LogP contribution >= 0.6 is 27.5 Å². The van der Waals surface area contributed by atoms with Gasteiger partial charge in [-0.2, -0.15) is 0 Å². The molecule has 0 spiro atoms. The van der Waals surface area contributed by atoms with E-state index in [9.17, 15) is 0 Å². The van der Waals surface area contributed by atoms with Gasteiger partial charge in [-0.15, -0.1) is 0 Å². The number of aromatic nitrogens is 1. The van der Waals surface area contributed by atoms with Gasteiger partial charge in [0.05, 0.1) is 10.4 Å². The number of pyridine rings is 1. The normalized spacial score (nSPS) is 8.92. The zero-order valence-electron chi connectivity index (χ0n) is 6.56. The minimum atomic E-state index is 0.650. The number of alkyl halides is 1. The van der Waals surface area contributed by atoms with Gasteiger partial charge in [-0.25, -0.2) is 4.98 Å². The third-order valence-electron chi connectivity index (χ3n) is 1.32. The maximum Gasteiger partial charge on any atom is 0.116 e. The predicted octanol–water partition coefficient (Wildman–Crippen LogP) is 2.79. The van der Waals surface area contributed by atoms with E-state index in [0.29, 0.717) is 10.4 Å². The minimum Gasteiger partial charge on any atom is -0.246 e. The Balaban J connectivity index is 3.01. The third kappa shape index (κ3) is 2.51. The molecule has 0 N–H and O–H groups in total. The highest BCUT2D eigenvalue weighted by Gasteiger charge is 1.95. The Labute approximate surface area is 85.3 Å². The van der Waals surface area contributed by atoms with Gasteiger partial charge >= 0.3 is 0 Å². The lowest BCUT2D eigenvalue weighted by atomic mass is 10.2. The van der Waals surface area contributed by atoms with Crippen LogP contribution in [-0.2, 0) is 0 Å². The topological polar surface area (TPSA) is 12.9 Å². The van der Waals surface area contributed by atoms with Crippen LogP contribution in [0.3, 0.4) is 0 Å². The van der Waals surface area contributed by atoms with E-state index in [1.807, 2.05) is 13.0 Å². The summed E-state index contributed by atoms with van der Waals surface area (Å²) in [5.41, 5.74) is 1.80. The van der Waals surface area contributed by atoms with Crippen LogP contribution in [0.5, 0.6) is 0 Å². The first kappa shape index (κ1) is 9.57. The van der Waals surface area contributed by atoms with E-state index in [4.69, 9.17) is 11.6 Å². The summed E-state index contributed by atoms with van der Waals surface area (Å²) in [4.78, 5) is 4.09. The monoisotopic (exact) mass is 243 g/mol. The van der Waals surface area contributed by atoms with Crippen LogP contribution in [0.2, 0.25) is 5.02 Å². The van der Waals surface area contributed by atoms with E-state index in [1.54, 1.807) is 6.20 Å². The van der Waals surface area contributed by atoms with Crippen molar-refractivity contribution in [3.8, 4) is 11.8 Å². The number of aryl methyl sites for hydroxylation is 1. The van der Waals surface area contributed by atoms with Crippen LogP contribution < -0.4 is 0 Å². The van der Waals surface area contributed by atoms with Gasteiger partial charge in [0.15, 0.2) is 0 Å². The molecule has 1 heterocycles. The summed E-state index contributed by atoms with van der Waals surface area (Å²) < 4.78 is 0. The van der Waals surface area contributed by atoms with Crippen LogP contribution in [0.4, 0.5) is 0 Å². The van der Waals surface area contributed by atoms with E-state index in [2.05, 4.69) is 32.8 Å². The largest absolute Gasteiger partial charge is 0.246 e. The van der Waals surface area contributed by atoms with Gasteiger partial charge in [0.25, 0.3) is 0 Å². The Hall–Kier alpha value is -0.520. The van der Waals surface area contributed by atoms with Crippen molar-refractivity contribution < 1.29 is 0 Å². The van der Waals surface area contributed by atoms with Crippen molar-refractivity contribution in [3.05, 3.63) is 28.5 Å². The summed E-state index contributed by atoms with van der Waals surface area (Å²) >= 11 is 8.95. The van der Waals surface area contributed by atoms with Gasteiger partial charge in [-0.1, -0.05) is 33.5 Å². The third-order valence-corrected chi connectivity index (χ3v) is 1.81. The lowest BCUT2D eigenvalue weighted by Gasteiger charge is -1.95. The molecule has 3 heteroatoms. The molecule has 0 unspecified atom stereocenters. The van der Waals surface area contributed by atoms with Crippen molar-refractivity contribution >= 4 is 27.5 Å². The van der Waals surface area contributed by atoms with E-state index >= 15 is 0 Å². The molecular formula is C9H7BrClN. The molecule has 0 aliphatic carbocycles. The molecule has 0 radical (unpaired) electrons. The quantitative estimate of drug-likeness (QED) is 0.505. The molecule has 0 saturated heterocycles. The molecule has 1 aromatic heterocycles. The Morgan fingerprint density at radius 2 is 2.42 bits per heavy atom. The molecule has 1 nitrogen and oxygen atoms in total. The van der Waals surface area contributed by atoms with E-state index in [0.717, 1.165) is 11.3 Å². The highest BCUT2D eigenvalue weighted by molar-refractivity contribution is 9.09. The molecule has 1 aromatic rings. The maximum atomic E-state index is 5.73. The first-order valence-electron chi connectivity index (χ1n) is 3.41. The number of halogens is 2. The summed E-state index contributed by atoms with van der Waals surface area (Å²) in [5.74, 6) is 5.81. The molecule has 0 aliphatic heterocycles. The maximum absolute atomic E-state index is 5.73. The van der Waals surface area contributed by atoms with Crippen molar-refractivity contribution in [3.63, 3.8) is 0 Å². The summed E-state index contributed by atoms with van der Waals surface area (Å²) in [7, 11) is 0. The smallest absolute Gasteiger partial charge is 0.116 e. The summed E-state index contributed by atoms with van der Waals surface area (Å²) in [6, 6.07) is 1.85. The average Bonchev–Trinajstić information content (AvgIpc) is 2.03. The molecule has 0 bridgehead atoms. The van der Waals surface area contributed by atoms with Crippen molar-refractivity contribution in [1.29, 1.82) is 0 Å². The van der Waals surface area contributed by atoms with E-state index < -0.39 is 0 Å². The van der Waals surface area contributed by atoms with Crippen molar-refractivity contribution in [2.24, 2.45) is 0 Å². The fourth-order valence-electron chi connectivity index (χ4n) is 0.788. The molecule has 0 aromatic carbocycles. The van der Waals surface area contributed by atoms with E-state index in [-0.39, 0.29) is 0 Å². The lowest BCUT2D eigenvalue weighted by molar-refractivity contribution is 1.23. The predicted molar refractivity (Wildman–Crippen MR) is 54.7 cm³/mol. The molecule has 0 amide bonds. The molecule has 62 valence electrons. The van der Waals surface area contributed by atoms with Crippen LogP contribution in [0.15, 0.2) is 12.3 Å². The number of hydrogen-bond acceptors (Lipinski definition) is 1. The summed E-state index contributed by atoms with van der Waals surface area (Å²) in [6.07, 6.45) is 1.60. The molecule has 0 atom stereocenters. The van der Waals surface area contributed by atoms with Crippen LogP contribution in [0.25, 0.3) is 0 Å². The van der Waals surface area contributed by atoms with Gasteiger partial charge in [-0.3, -0.25) is 0 Å². The van der Waals surface area contributed by atoms with Gasteiger partial charge < -0.3 is 0 Å². The Morgan fingerprint density at radius 3 is 3.00 bits per heavy atom. The fraction of sp³-hybridized carbons (Fsp3) is 0.222. The summed E-state index contributed by atoms with van der Waals surface area (Å²) in [5, 5.41) is 1.31. The first-order chi connectivity index (χ1) is 5.74. The standard InChI is InChI=1S/C9H7BrClN/c1-7-5-8(11)6-12-9(7)3-2-4-10/h5-6H,4H2,1H3. The van der Waals surface area contributed by atoms with Gasteiger partial charge in [0, 0.05) is 6.20 Å². The van der Waals surface area contributed by atoms with Gasteiger partial charge in [-0.05, 0) is 24.5 Å². The Kier molecular flexibility index (Phi) is 3.58. The fourth-order valence-corrected chi connectivity index (χ4v) is 1.14.